The van der Waals surface area contributed by atoms with Gasteiger partial charge in [0, 0.05) is 6.20 Å². The second-order valence-electron chi connectivity index (χ2n) is 5.43. The minimum Gasteiger partial charge on any atom is -0.756 e. The van der Waals surface area contributed by atoms with E-state index in [1.165, 1.54) is 6.07 Å². The second kappa shape index (κ2) is 12.1. The van der Waals surface area contributed by atoms with Crippen LogP contribution in [0.3, 0.4) is 0 Å². The van der Waals surface area contributed by atoms with Crippen LogP contribution in [0.25, 0.3) is 0 Å². The van der Waals surface area contributed by atoms with Crippen LogP contribution in [0.2, 0.25) is 0 Å². The van der Waals surface area contributed by atoms with Crippen molar-refractivity contribution in [2.45, 2.75) is 24.5 Å². The molecule has 0 spiro atoms. The fraction of sp³-hybridized carbons (Fsp3) is 0.556. The van der Waals surface area contributed by atoms with Gasteiger partial charge in [-0.05, 0) is 6.07 Å². The van der Waals surface area contributed by atoms with E-state index in [-0.39, 0.29) is 64.9 Å². The van der Waals surface area contributed by atoms with E-state index in [1.807, 2.05) is 0 Å². The summed E-state index contributed by atoms with van der Waals surface area (Å²) >= 11 is 0. The van der Waals surface area contributed by atoms with Crippen LogP contribution in [-0.2, 0) is 31.6 Å². The molecule has 0 saturated carbocycles. The van der Waals surface area contributed by atoms with E-state index >= 15 is 0 Å². The van der Waals surface area contributed by atoms with E-state index in [9.17, 15) is 38.5 Å². The van der Waals surface area contributed by atoms with Crippen molar-refractivity contribution in [2.75, 3.05) is 12.3 Å². The maximum absolute atomic E-state index is 11.8. The quantitative estimate of drug-likeness (QED) is 0.155. The van der Waals surface area contributed by atoms with E-state index in [0.29, 0.717) is 0 Å². The van der Waals surface area contributed by atoms with Crippen molar-refractivity contribution in [3.05, 3.63) is 22.7 Å². The minimum absolute atomic E-state index is 0. The zero-order valence-electron chi connectivity index (χ0n) is 15.9. The number of aliphatic hydroxyl groups excluding tert-OH is 2. The molecule has 1 aliphatic rings. The molecule has 0 aliphatic carbocycles. The Labute approximate surface area is 217 Å². The number of nitrogens with zero attached hydrogens (tertiary/aromatic N) is 2. The molecular formula is C9H14N3Na2O14P3. The average molecular weight is 527 g/mol. The van der Waals surface area contributed by atoms with Gasteiger partial charge in [0.15, 0.2) is 6.23 Å². The summed E-state index contributed by atoms with van der Waals surface area (Å²) < 4.78 is 49.9. The van der Waals surface area contributed by atoms with Crippen LogP contribution < -0.4 is 80.3 Å². The van der Waals surface area contributed by atoms with Crippen LogP contribution in [0, 0.1) is 0 Å². The van der Waals surface area contributed by atoms with Crippen LogP contribution in [0.15, 0.2) is 17.1 Å². The summed E-state index contributed by atoms with van der Waals surface area (Å²) in [6.07, 6.45) is -5.55. The number of aliphatic hydroxyl groups is 2. The normalized spacial score (nSPS) is 29.0. The molecule has 1 aromatic rings. The zero-order chi connectivity index (χ0) is 22.2. The van der Waals surface area contributed by atoms with Gasteiger partial charge in [-0.25, -0.2) is 18.0 Å². The largest absolute Gasteiger partial charge is 1.00 e. The van der Waals surface area contributed by atoms with Crippen molar-refractivity contribution in [2.24, 2.45) is 0 Å². The Morgan fingerprint density at radius 3 is 2.26 bits per heavy atom. The number of hydrogen-bond acceptors (Lipinski definition) is 14. The van der Waals surface area contributed by atoms with Crippen LogP contribution >= 0.6 is 23.5 Å². The number of nitrogen functional groups attached to an aromatic ring is 1. The molecule has 0 bridgehead atoms. The SMILES string of the molecule is Nc1ccn(C2O[C@H](COP(=O)([O-])OP(=O)(O)OP(=O)([O-])O)[C@@H](O)[C@H]2O)c(=O)n1.[Na+].[Na+]. The monoisotopic (exact) mass is 527 g/mol. The number of phosphoric acid groups is 3. The predicted molar refractivity (Wildman–Crippen MR) is 84.2 cm³/mol. The molecule has 1 saturated heterocycles. The van der Waals surface area contributed by atoms with Crippen LogP contribution in [0.1, 0.15) is 6.23 Å². The number of phosphoric ester groups is 1. The summed E-state index contributed by atoms with van der Waals surface area (Å²) in [6, 6.07) is 1.18. The first-order valence-corrected chi connectivity index (χ1v) is 11.7. The fourth-order valence-electron chi connectivity index (χ4n) is 2.18. The van der Waals surface area contributed by atoms with Gasteiger partial charge in [0.2, 0.25) is 0 Å². The smallest absolute Gasteiger partial charge is 0.756 e. The molecule has 17 nitrogen and oxygen atoms in total. The molecule has 22 heteroatoms. The van der Waals surface area contributed by atoms with E-state index in [4.69, 9.17) is 20.3 Å². The van der Waals surface area contributed by atoms with E-state index in [0.717, 1.165) is 10.8 Å². The maximum atomic E-state index is 11.8. The van der Waals surface area contributed by atoms with Crippen LogP contribution in [-0.4, -0.2) is 54.5 Å². The molecule has 1 aliphatic heterocycles. The summed E-state index contributed by atoms with van der Waals surface area (Å²) in [5.74, 6) is -0.134. The number of anilines is 1. The molecule has 7 atom stereocenters. The fourth-order valence-corrected chi connectivity index (χ4v) is 5.14. The maximum Gasteiger partial charge on any atom is 1.00 e. The zero-order valence-corrected chi connectivity index (χ0v) is 22.5. The molecular weight excluding hydrogens is 513 g/mol. The van der Waals surface area contributed by atoms with Crippen molar-refractivity contribution in [3.8, 4) is 0 Å². The topological polar surface area (TPSA) is 276 Å². The Bertz CT molecular complexity index is 956. The first-order valence-electron chi connectivity index (χ1n) is 7.21. The van der Waals surface area contributed by atoms with Gasteiger partial charge < -0.3 is 44.8 Å². The Kier molecular flexibility index (Phi) is 12.5. The van der Waals surface area contributed by atoms with Gasteiger partial charge in [0.1, 0.15) is 24.1 Å². The minimum atomic E-state index is -5.84. The number of hydrogen-bond donors (Lipinski definition) is 5. The van der Waals surface area contributed by atoms with Gasteiger partial charge in [-0.15, -0.1) is 0 Å². The van der Waals surface area contributed by atoms with E-state index < -0.39 is 60.3 Å². The molecule has 2 rings (SSSR count). The van der Waals surface area contributed by atoms with E-state index in [1.54, 1.807) is 0 Å². The van der Waals surface area contributed by atoms with Gasteiger partial charge in [-0.3, -0.25) is 13.7 Å². The number of ether oxygens (including phenoxy) is 1. The first kappa shape index (κ1) is 32.0. The standard InChI is InChI=1S/C9H16N3O14P3.2Na/c10-5-1-2-12(9(15)11-5)8-7(14)6(13)4(24-8)3-23-28(19,20)26-29(21,22)25-27(16,17)18;;/h1-2,4,6-8,13-14H,3H2,(H,19,20)(H,21,22)(H2,10,11,15)(H2,16,17,18);;/q;2*+1/p-2/t4-,6-,7-,8?;;/m1../s1. The second-order valence-corrected chi connectivity index (χ2v) is 9.77. The average Bonchev–Trinajstić information content (AvgIpc) is 2.78. The van der Waals surface area contributed by atoms with Gasteiger partial charge in [0.25, 0.3) is 15.6 Å². The van der Waals surface area contributed by atoms with Crippen molar-refractivity contribution in [1.82, 2.24) is 9.55 Å². The molecule has 1 fully saturated rings. The molecule has 0 radical (unpaired) electrons. The van der Waals surface area contributed by atoms with Crippen molar-refractivity contribution < 1.29 is 120 Å². The van der Waals surface area contributed by atoms with Crippen LogP contribution in [0.5, 0.6) is 0 Å². The van der Waals surface area contributed by atoms with Crippen molar-refractivity contribution in [1.29, 1.82) is 0 Å². The van der Waals surface area contributed by atoms with Gasteiger partial charge >= 0.3 is 72.6 Å². The molecule has 0 aromatic carbocycles. The number of rotatable bonds is 8. The van der Waals surface area contributed by atoms with Gasteiger partial charge in [-0.1, -0.05) is 0 Å². The Morgan fingerprint density at radius 1 is 1.16 bits per heavy atom. The molecule has 2 heterocycles. The molecule has 166 valence electrons. The Balaban J connectivity index is 0.00000450. The number of aromatic nitrogens is 2. The van der Waals surface area contributed by atoms with E-state index in [2.05, 4.69) is 18.1 Å². The number of nitrogens with two attached hydrogens (primary N) is 1. The molecule has 1 aromatic heterocycles. The summed E-state index contributed by atoms with van der Waals surface area (Å²) in [4.78, 5) is 54.4. The summed E-state index contributed by atoms with van der Waals surface area (Å²) in [7, 11) is -17.4. The molecule has 4 unspecified atom stereocenters. The predicted octanol–water partition coefficient (Wildman–Crippen LogP) is -9.47. The van der Waals surface area contributed by atoms with Crippen molar-refractivity contribution in [3.63, 3.8) is 0 Å². The van der Waals surface area contributed by atoms with Gasteiger partial charge in [-0.2, -0.15) is 4.98 Å². The molecule has 0 amide bonds. The van der Waals surface area contributed by atoms with Gasteiger partial charge in [0.05, 0.1) is 6.61 Å². The Morgan fingerprint density at radius 2 is 1.74 bits per heavy atom. The van der Waals surface area contributed by atoms with Crippen LogP contribution in [0.4, 0.5) is 5.82 Å². The third-order valence-corrected chi connectivity index (χ3v) is 7.01. The molecule has 6 N–H and O–H groups in total. The summed E-state index contributed by atoms with van der Waals surface area (Å²) in [5, 5.41) is 19.9. The Hall–Kier alpha value is 0.970. The van der Waals surface area contributed by atoms with Crippen molar-refractivity contribution >= 4 is 29.3 Å². The third kappa shape index (κ3) is 9.62. The molecule has 31 heavy (non-hydrogen) atoms. The summed E-state index contributed by atoms with van der Waals surface area (Å²) in [5.41, 5.74) is 4.36. The first-order chi connectivity index (χ1) is 13.1. The summed E-state index contributed by atoms with van der Waals surface area (Å²) in [6.45, 7) is -1.10. The third-order valence-electron chi connectivity index (χ3n) is 3.27.